The van der Waals surface area contributed by atoms with E-state index in [9.17, 15) is 9.70 Å². The monoisotopic (exact) mass is 247 g/mol. The van der Waals surface area contributed by atoms with E-state index in [1.165, 1.54) is 6.42 Å². The van der Waals surface area contributed by atoms with Crippen LogP contribution in [-0.2, 0) is 0 Å². The van der Waals surface area contributed by atoms with Gasteiger partial charge in [-0.2, -0.15) is 5.01 Å². The van der Waals surface area contributed by atoms with Crippen LogP contribution in [0.2, 0.25) is 0 Å². The second kappa shape index (κ2) is 6.68. The molecule has 1 fully saturated rings. The smallest absolute Gasteiger partial charge is 0.333 e. The van der Waals surface area contributed by atoms with Crippen LogP contribution in [0.15, 0.2) is 5.29 Å². The lowest BCUT2D eigenvalue weighted by Crippen LogP contribution is -2.46. The van der Waals surface area contributed by atoms with Crippen LogP contribution in [0.1, 0.15) is 32.6 Å². The molecular formula is C10H18ClN3O2. The van der Waals surface area contributed by atoms with E-state index in [1.54, 1.807) is 0 Å². The molecule has 0 aromatic heterocycles. The molecule has 0 bridgehead atoms. The molecule has 1 rings (SSSR count). The first-order chi connectivity index (χ1) is 7.69. The number of nitrogens with one attached hydrogen (secondary N) is 1. The van der Waals surface area contributed by atoms with Crippen molar-refractivity contribution >= 4 is 17.6 Å². The number of halogens is 1. The zero-order valence-electron chi connectivity index (χ0n) is 9.49. The molecule has 1 saturated carbocycles. The van der Waals surface area contributed by atoms with Crippen LogP contribution in [0.3, 0.4) is 0 Å². The van der Waals surface area contributed by atoms with E-state index in [-0.39, 0.29) is 18.5 Å². The van der Waals surface area contributed by atoms with E-state index < -0.39 is 6.03 Å². The average Bonchev–Trinajstić information content (AvgIpc) is 2.29. The molecule has 0 aromatic carbocycles. The van der Waals surface area contributed by atoms with Crippen molar-refractivity contribution in [1.82, 2.24) is 10.3 Å². The van der Waals surface area contributed by atoms with Gasteiger partial charge < -0.3 is 5.32 Å². The van der Waals surface area contributed by atoms with Gasteiger partial charge >= 0.3 is 6.03 Å². The molecule has 16 heavy (non-hydrogen) atoms. The first kappa shape index (κ1) is 13.2. The Morgan fingerprint density at radius 1 is 1.50 bits per heavy atom. The van der Waals surface area contributed by atoms with Crippen molar-refractivity contribution in [2.45, 2.75) is 38.6 Å². The van der Waals surface area contributed by atoms with Crippen LogP contribution in [-0.4, -0.2) is 29.5 Å². The van der Waals surface area contributed by atoms with Gasteiger partial charge in [0.05, 0.1) is 11.8 Å². The number of rotatable bonds is 4. The third-order valence-corrected chi connectivity index (χ3v) is 3.22. The summed E-state index contributed by atoms with van der Waals surface area (Å²) in [6.07, 6.45) is 4.43. The topological polar surface area (TPSA) is 61.8 Å². The Kier molecular flexibility index (Phi) is 5.52. The quantitative estimate of drug-likeness (QED) is 0.471. The van der Waals surface area contributed by atoms with Crippen LogP contribution >= 0.6 is 11.6 Å². The molecule has 2 amide bonds. The van der Waals surface area contributed by atoms with Crippen LogP contribution in [0.4, 0.5) is 4.79 Å². The van der Waals surface area contributed by atoms with Crippen LogP contribution < -0.4 is 5.32 Å². The lowest BCUT2D eigenvalue weighted by atomic mass is 9.86. The summed E-state index contributed by atoms with van der Waals surface area (Å²) in [5, 5.41) is 6.34. The van der Waals surface area contributed by atoms with Gasteiger partial charge in [0.25, 0.3) is 0 Å². The van der Waals surface area contributed by atoms with E-state index in [2.05, 4.69) is 17.5 Å². The Morgan fingerprint density at radius 2 is 2.19 bits per heavy atom. The summed E-state index contributed by atoms with van der Waals surface area (Å²) in [4.78, 5) is 22.1. The number of hydrogen-bond donors (Lipinski definition) is 1. The first-order valence-electron chi connectivity index (χ1n) is 5.66. The SMILES string of the molecule is C[C@H]1CCCC[C@H]1NC(=O)N(CCCl)N=O. The van der Waals surface area contributed by atoms with Crippen molar-refractivity contribution in [2.24, 2.45) is 11.2 Å². The third kappa shape index (κ3) is 3.63. The molecule has 2 atom stereocenters. The van der Waals surface area contributed by atoms with Crippen molar-refractivity contribution in [3.05, 3.63) is 4.91 Å². The number of carbonyl (C=O) groups is 1. The van der Waals surface area contributed by atoms with E-state index in [4.69, 9.17) is 11.6 Å². The Bertz CT molecular complexity index is 250. The minimum absolute atomic E-state index is 0.151. The zero-order valence-corrected chi connectivity index (χ0v) is 10.2. The molecule has 0 spiro atoms. The molecule has 0 saturated heterocycles. The summed E-state index contributed by atoms with van der Waals surface area (Å²) in [5.74, 6) is 0.668. The number of urea groups is 1. The fourth-order valence-electron chi connectivity index (χ4n) is 2.02. The van der Waals surface area contributed by atoms with Gasteiger partial charge in [0.2, 0.25) is 0 Å². The second-order valence-electron chi connectivity index (χ2n) is 4.21. The lowest BCUT2D eigenvalue weighted by molar-refractivity contribution is 0.186. The van der Waals surface area contributed by atoms with Gasteiger partial charge in [-0.3, -0.25) is 0 Å². The van der Waals surface area contributed by atoms with E-state index in [1.807, 2.05) is 0 Å². The number of hydrogen-bond acceptors (Lipinski definition) is 3. The summed E-state index contributed by atoms with van der Waals surface area (Å²) in [5.41, 5.74) is 0. The highest BCUT2D eigenvalue weighted by atomic mass is 35.5. The molecule has 1 aliphatic carbocycles. The minimum Gasteiger partial charge on any atom is -0.333 e. The molecule has 6 heteroatoms. The predicted octanol–water partition coefficient (Wildman–Crippen LogP) is 2.50. The Hall–Kier alpha value is -0.840. The highest BCUT2D eigenvalue weighted by Crippen LogP contribution is 2.23. The largest absolute Gasteiger partial charge is 0.340 e. The fraction of sp³-hybridized carbons (Fsp3) is 0.900. The normalized spacial score (nSPS) is 24.9. The predicted molar refractivity (Wildman–Crippen MR) is 63.2 cm³/mol. The van der Waals surface area contributed by atoms with Gasteiger partial charge in [-0.1, -0.05) is 19.8 Å². The van der Waals surface area contributed by atoms with E-state index >= 15 is 0 Å². The average molecular weight is 248 g/mol. The van der Waals surface area contributed by atoms with Gasteiger partial charge in [0, 0.05) is 11.9 Å². The number of nitroso groups, excluding NO2 is 1. The van der Waals surface area contributed by atoms with Gasteiger partial charge in [0.1, 0.15) is 0 Å². The molecule has 0 radical (unpaired) electrons. The summed E-state index contributed by atoms with van der Waals surface area (Å²) >= 11 is 5.47. The van der Waals surface area contributed by atoms with E-state index in [0.717, 1.165) is 24.3 Å². The summed E-state index contributed by atoms with van der Waals surface area (Å²) < 4.78 is 0. The van der Waals surface area contributed by atoms with Gasteiger partial charge in [-0.15, -0.1) is 16.5 Å². The van der Waals surface area contributed by atoms with Crippen molar-refractivity contribution in [2.75, 3.05) is 12.4 Å². The Balaban J connectivity index is 2.44. The number of carbonyl (C=O) groups excluding carboxylic acids is 1. The molecule has 92 valence electrons. The number of amides is 2. The maximum absolute atomic E-state index is 11.6. The zero-order chi connectivity index (χ0) is 12.0. The highest BCUT2D eigenvalue weighted by molar-refractivity contribution is 6.18. The number of nitrogens with zero attached hydrogens (tertiary/aromatic N) is 2. The summed E-state index contributed by atoms with van der Waals surface area (Å²) in [6, 6.07) is -0.282. The van der Waals surface area contributed by atoms with Crippen LogP contribution in [0, 0.1) is 10.8 Å². The van der Waals surface area contributed by atoms with Crippen LogP contribution in [0.5, 0.6) is 0 Å². The van der Waals surface area contributed by atoms with Crippen molar-refractivity contribution in [3.63, 3.8) is 0 Å². The maximum atomic E-state index is 11.6. The number of alkyl halides is 1. The molecule has 0 aliphatic heterocycles. The molecular weight excluding hydrogens is 230 g/mol. The van der Waals surface area contributed by atoms with Crippen molar-refractivity contribution in [3.8, 4) is 0 Å². The first-order valence-corrected chi connectivity index (χ1v) is 6.19. The van der Waals surface area contributed by atoms with Crippen molar-refractivity contribution in [1.29, 1.82) is 0 Å². The van der Waals surface area contributed by atoms with Gasteiger partial charge in [-0.25, -0.2) is 4.79 Å². The Morgan fingerprint density at radius 3 is 2.75 bits per heavy atom. The molecule has 0 unspecified atom stereocenters. The highest BCUT2D eigenvalue weighted by Gasteiger charge is 2.25. The fourth-order valence-corrected chi connectivity index (χ4v) is 2.18. The molecule has 1 aliphatic rings. The summed E-state index contributed by atoms with van der Waals surface area (Å²) in [7, 11) is 0. The minimum atomic E-state index is -0.436. The summed E-state index contributed by atoms with van der Waals surface area (Å²) in [6.45, 7) is 2.27. The van der Waals surface area contributed by atoms with E-state index in [0.29, 0.717) is 5.92 Å². The maximum Gasteiger partial charge on any atom is 0.340 e. The van der Waals surface area contributed by atoms with Gasteiger partial charge in [-0.05, 0) is 18.8 Å². The molecule has 5 nitrogen and oxygen atoms in total. The molecule has 0 aromatic rings. The standard InChI is InChI=1S/C10H18ClN3O2/c1-8-4-2-3-5-9(8)12-10(15)14(13-16)7-6-11/h8-9H,2-7H2,1H3,(H,12,15)/t8-,9+/m0/s1. The third-order valence-electron chi connectivity index (χ3n) is 3.05. The van der Waals surface area contributed by atoms with Gasteiger partial charge in [0.15, 0.2) is 0 Å². The van der Waals surface area contributed by atoms with Crippen molar-refractivity contribution < 1.29 is 4.79 Å². The van der Waals surface area contributed by atoms with Crippen LogP contribution in [0.25, 0.3) is 0 Å². The second-order valence-corrected chi connectivity index (χ2v) is 4.59. The molecule has 1 N–H and O–H groups in total. The lowest BCUT2D eigenvalue weighted by Gasteiger charge is -2.30. The Labute approximate surface area is 100 Å². The molecule has 0 heterocycles.